The summed E-state index contributed by atoms with van der Waals surface area (Å²) >= 11 is 0. The van der Waals surface area contributed by atoms with Crippen LogP contribution in [0.5, 0.6) is 17.2 Å². The first kappa shape index (κ1) is 31.3. The molecule has 1 aliphatic rings. The molecule has 1 aromatic heterocycles. The fraction of sp³-hybridized carbons (Fsp3) is 0.406. The van der Waals surface area contributed by atoms with Crippen molar-refractivity contribution in [3.05, 3.63) is 87.8 Å². The van der Waals surface area contributed by atoms with Gasteiger partial charge in [-0.15, -0.1) is 0 Å². The molecule has 3 aromatic rings. The van der Waals surface area contributed by atoms with Crippen LogP contribution in [-0.4, -0.2) is 64.3 Å². The first-order chi connectivity index (χ1) is 20.2. The van der Waals surface area contributed by atoms with E-state index in [1.807, 2.05) is 36.4 Å². The van der Waals surface area contributed by atoms with Crippen LogP contribution in [0.3, 0.4) is 0 Å². The van der Waals surface area contributed by atoms with E-state index in [0.29, 0.717) is 17.7 Å². The second-order valence-corrected chi connectivity index (χ2v) is 10.5. The lowest BCUT2D eigenvalue weighted by molar-refractivity contribution is -0.278. The number of aliphatic hydroxyl groups excluding tert-OH is 4. The molecule has 0 amide bonds. The number of hydrogen-bond acceptors (Lipinski definition) is 10. The highest BCUT2D eigenvalue weighted by atomic mass is 16.7. The molecule has 1 fully saturated rings. The molecule has 10 heteroatoms. The summed E-state index contributed by atoms with van der Waals surface area (Å²) in [5.41, 5.74) is 2.57. The van der Waals surface area contributed by atoms with Gasteiger partial charge in [-0.3, -0.25) is 0 Å². The lowest BCUT2D eigenvalue weighted by atomic mass is 9.99. The van der Waals surface area contributed by atoms with Crippen LogP contribution in [-0.2, 0) is 11.3 Å². The Balaban J connectivity index is 1.61. The van der Waals surface area contributed by atoms with Crippen molar-refractivity contribution in [3.63, 3.8) is 0 Å². The maximum Gasteiger partial charge on any atom is 0.383 e. The number of rotatable bonds is 12. The normalized spacial score (nSPS) is 22.5. The molecule has 4 N–H and O–H groups in total. The van der Waals surface area contributed by atoms with Crippen molar-refractivity contribution in [1.29, 1.82) is 0 Å². The van der Waals surface area contributed by atoms with Gasteiger partial charge in [0.05, 0.1) is 12.0 Å². The van der Waals surface area contributed by atoms with E-state index in [4.69, 9.17) is 23.4 Å². The number of benzene rings is 2. The van der Waals surface area contributed by atoms with Crippen LogP contribution < -0.4 is 19.8 Å². The maximum absolute atomic E-state index is 13.2. The molecule has 0 radical (unpaired) electrons. The van der Waals surface area contributed by atoms with Gasteiger partial charge in [0, 0.05) is 6.07 Å². The van der Waals surface area contributed by atoms with Crippen molar-refractivity contribution in [2.24, 2.45) is 0 Å². The molecule has 4 rings (SSSR count). The fourth-order valence-electron chi connectivity index (χ4n) is 4.45. The summed E-state index contributed by atoms with van der Waals surface area (Å²) in [6.07, 6.45) is -1.73. The Morgan fingerprint density at radius 2 is 1.69 bits per heavy atom. The Morgan fingerprint density at radius 1 is 0.929 bits per heavy atom. The number of aliphatic hydroxyl groups is 4. The molecule has 0 unspecified atom stereocenters. The Morgan fingerprint density at radius 3 is 2.40 bits per heavy atom. The van der Waals surface area contributed by atoms with Crippen molar-refractivity contribution in [2.75, 3.05) is 13.2 Å². The maximum atomic E-state index is 13.2. The van der Waals surface area contributed by atoms with E-state index in [-0.39, 0.29) is 17.9 Å². The number of ether oxygens (including phenoxy) is 4. The van der Waals surface area contributed by atoms with Crippen LogP contribution in [0.15, 0.2) is 81.0 Å². The van der Waals surface area contributed by atoms with E-state index in [1.54, 1.807) is 18.2 Å². The number of allylic oxidation sites excluding steroid dienone is 3. The molecule has 0 saturated carbocycles. The summed E-state index contributed by atoms with van der Waals surface area (Å²) in [6.45, 7) is 5.97. The van der Waals surface area contributed by atoms with E-state index in [9.17, 15) is 25.2 Å². The molecule has 1 saturated heterocycles. The summed E-state index contributed by atoms with van der Waals surface area (Å²) < 4.78 is 28.6. The van der Waals surface area contributed by atoms with Gasteiger partial charge in [0.25, 0.3) is 5.75 Å². The highest BCUT2D eigenvalue weighted by Gasteiger charge is 2.45. The van der Waals surface area contributed by atoms with Gasteiger partial charge in [-0.25, -0.2) is 4.79 Å². The molecule has 42 heavy (non-hydrogen) atoms. The number of hydrogen-bond donors (Lipinski definition) is 4. The zero-order chi connectivity index (χ0) is 30.2. The van der Waals surface area contributed by atoms with Gasteiger partial charge in [-0.2, -0.15) is 0 Å². The Bertz CT molecular complexity index is 1440. The summed E-state index contributed by atoms with van der Waals surface area (Å²) in [6, 6.07) is 14.2. The molecule has 10 nitrogen and oxygen atoms in total. The highest BCUT2D eigenvalue weighted by Crippen LogP contribution is 2.37. The fourth-order valence-corrected chi connectivity index (χ4v) is 4.45. The average Bonchev–Trinajstić information content (AvgIpc) is 2.97. The van der Waals surface area contributed by atoms with E-state index in [0.717, 1.165) is 18.4 Å². The van der Waals surface area contributed by atoms with Crippen LogP contribution in [0.4, 0.5) is 0 Å². The SMILES string of the molecule is CC(C)=CCC/C(C)=C/COc1ccc2c(OCc3ccccc3)c(O[C@@H]3O[C@H](CO)[C@H](O)[C@H](O)[C@H]3O)c(=O)oc2c1. The van der Waals surface area contributed by atoms with E-state index in [2.05, 4.69) is 26.8 Å². The van der Waals surface area contributed by atoms with Crippen LogP contribution in [0, 0.1) is 0 Å². The molecule has 0 spiro atoms. The molecular weight excluding hydrogens is 544 g/mol. The van der Waals surface area contributed by atoms with Gasteiger partial charge in [-0.05, 0) is 57.4 Å². The van der Waals surface area contributed by atoms with Gasteiger partial charge in [0.1, 0.15) is 49.0 Å². The minimum atomic E-state index is -1.73. The predicted molar refractivity (Wildman–Crippen MR) is 156 cm³/mol. The second kappa shape index (κ2) is 14.5. The zero-order valence-electron chi connectivity index (χ0n) is 23.9. The van der Waals surface area contributed by atoms with Gasteiger partial charge in [-0.1, -0.05) is 47.6 Å². The van der Waals surface area contributed by atoms with E-state index in [1.165, 1.54) is 11.1 Å². The Labute approximate surface area is 244 Å². The third kappa shape index (κ3) is 7.78. The van der Waals surface area contributed by atoms with Crippen molar-refractivity contribution in [2.45, 2.75) is 70.9 Å². The van der Waals surface area contributed by atoms with E-state index >= 15 is 0 Å². The van der Waals surface area contributed by atoms with Crippen LogP contribution >= 0.6 is 0 Å². The minimum Gasteiger partial charge on any atom is -0.489 e. The van der Waals surface area contributed by atoms with Crippen molar-refractivity contribution < 1.29 is 43.8 Å². The topological polar surface area (TPSA) is 148 Å². The molecule has 1 aliphatic heterocycles. The third-order valence-electron chi connectivity index (χ3n) is 6.87. The molecule has 226 valence electrons. The monoisotopic (exact) mass is 582 g/mol. The van der Waals surface area contributed by atoms with Gasteiger partial charge in [0.2, 0.25) is 6.29 Å². The second-order valence-electron chi connectivity index (χ2n) is 10.5. The minimum absolute atomic E-state index is 0.0311. The third-order valence-corrected chi connectivity index (χ3v) is 6.87. The summed E-state index contributed by atoms with van der Waals surface area (Å²) in [5, 5.41) is 40.7. The highest BCUT2D eigenvalue weighted by molar-refractivity contribution is 5.86. The molecular formula is C32H38O10. The molecule has 2 heterocycles. The van der Waals surface area contributed by atoms with E-state index < -0.39 is 48.7 Å². The van der Waals surface area contributed by atoms with Gasteiger partial charge in [0.15, 0.2) is 5.75 Å². The lowest BCUT2D eigenvalue weighted by Crippen LogP contribution is -2.60. The molecule has 0 aliphatic carbocycles. The van der Waals surface area contributed by atoms with Crippen LogP contribution in [0.1, 0.15) is 39.2 Å². The summed E-state index contributed by atoms with van der Waals surface area (Å²) in [4.78, 5) is 13.2. The molecule has 5 atom stereocenters. The van der Waals surface area contributed by atoms with Crippen LogP contribution in [0.2, 0.25) is 0 Å². The molecule has 0 bridgehead atoms. The first-order valence-electron chi connectivity index (χ1n) is 13.8. The van der Waals surface area contributed by atoms with Crippen molar-refractivity contribution in [1.82, 2.24) is 0 Å². The first-order valence-corrected chi connectivity index (χ1v) is 13.8. The van der Waals surface area contributed by atoms with Crippen LogP contribution in [0.25, 0.3) is 11.0 Å². The van der Waals surface area contributed by atoms with Crippen molar-refractivity contribution in [3.8, 4) is 17.2 Å². The quantitative estimate of drug-likeness (QED) is 0.184. The Hall–Kier alpha value is -3.67. The van der Waals surface area contributed by atoms with Gasteiger partial charge >= 0.3 is 5.63 Å². The average molecular weight is 583 g/mol. The lowest BCUT2D eigenvalue weighted by Gasteiger charge is -2.39. The summed E-state index contributed by atoms with van der Waals surface area (Å²) in [7, 11) is 0. The molecule has 2 aromatic carbocycles. The van der Waals surface area contributed by atoms with Gasteiger partial charge < -0.3 is 43.8 Å². The largest absolute Gasteiger partial charge is 0.489 e. The smallest absolute Gasteiger partial charge is 0.383 e. The predicted octanol–water partition coefficient (Wildman–Crippen LogP) is 3.62. The van der Waals surface area contributed by atoms with Crippen molar-refractivity contribution >= 4 is 11.0 Å². The number of fused-ring (bicyclic) bond motifs is 1. The summed E-state index contributed by atoms with van der Waals surface area (Å²) in [5.74, 6) is 0.116. The zero-order valence-corrected chi connectivity index (χ0v) is 23.9. The standard InChI is InChI=1S/C32H38O10/c1-19(2)8-7-9-20(3)14-15-38-22-12-13-23-24(16-22)40-31(37)30(29(23)39-18-21-10-5-4-6-11-21)42-32-28(36)27(35)26(34)25(17-33)41-32/h4-6,8,10-14,16,25-28,32-36H,7,9,15,17-18H2,1-3H3/b20-14+/t25-,26+,27+,28-,32+/m1/s1. The Kier molecular flexibility index (Phi) is 10.8.